The molecular weight excluding hydrogens is 348 g/mol. The highest BCUT2D eigenvalue weighted by atomic mass is 19.1. The van der Waals surface area contributed by atoms with E-state index in [2.05, 4.69) is 27.0 Å². The van der Waals surface area contributed by atoms with Gasteiger partial charge in [-0.3, -0.25) is 0 Å². The minimum Gasteiger partial charge on any atom is -0.488 e. The number of fused-ring (bicyclic) bond motifs is 1. The van der Waals surface area contributed by atoms with Gasteiger partial charge in [-0.2, -0.15) is 0 Å². The molecule has 0 amide bonds. The first-order chi connectivity index (χ1) is 13.2. The minimum atomic E-state index is -0.639. The van der Waals surface area contributed by atoms with E-state index in [-0.39, 0.29) is 11.8 Å². The molecule has 0 fully saturated rings. The van der Waals surface area contributed by atoms with Crippen molar-refractivity contribution in [3.05, 3.63) is 83.4 Å². The normalized spacial score (nSPS) is 16.0. The van der Waals surface area contributed by atoms with Crippen molar-refractivity contribution < 1.29 is 13.5 Å². The molecule has 1 aromatic heterocycles. The molecule has 1 aliphatic rings. The Hall–Kier alpha value is -2.73. The van der Waals surface area contributed by atoms with E-state index in [0.717, 1.165) is 31.3 Å². The summed E-state index contributed by atoms with van der Waals surface area (Å²) in [7, 11) is 0. The summed E-state index contributed by atoms with van der Waals surface area (Å²) >= 11 is 0. The first-order valence-corrected chi connectivity index (χ1v) is 9.07. The number of halogens is 2. The fourth-order valence-electron chi connectivity index (χ4n) is 3.50. The zero-order valence-corrected chi connectivity index (χ0v) is 14.9. The Morgan fingerprint density at radius 1 is 1.19 bits per heavy atom. The average molecular weight is 369 g/mol. The van der Waals surface area contributed by atoms with Crippen molar-refractivity contribution in [2.75, 3.05) is 13.2 Å². The number of nitrogens with one attached hydrogen (secondary N) is 1. The van der Waals surface area contributed by atoms with Crippen molar-refractivity contribution in [2.45, 2.75) is 25.4 Å². The number of hydrogen-bond acceptors (Lipinski definition) is 3. The fraction of sp³-hybridized carbons (Fsp3) is 0.286. The van der Waals surface area contributed by atoms with Crippen LogP contribution >= 0.6 is 0 Å². The summed E-state index contributed by atoms with van der Waals surface area (Å²) < 4.78 is 35.0. The molecule has 0 aliphatic carbocycles. The van der Waals surface area contributed by atoms with Gasteiger partial charge in [0.2, 0.25) is 0 Å². The molecule has 0 spiro atoms. The predicted octanol–water partition coefficient (Wildman–Crippen LogP) is 3.67. The molecule has 4 rings (SSSR count). The topological polar surface area (TPSA) is 39.1 Å². The number of benzene rings is 2. The van der Waals surface area contributed by atoms with Gasteiger partial charge in [-0.25, -0.2) is 13.8 Å². The molecule has 140 valence electrons. The van der Waals surface area contributed by atoms with Crippen molar-refractivity contribution in [2.24, 2.45) is 0 Å². The third-order valence-electron chi connectivity index (χ3n) is 4.83. The molecule has 0 radical (unpaired) electrons. The lowest BCUT2D eigenvalue weighted by Gasteiger charge is -2.28. The highest BCUT2D eigenvalue weighted by Gasteiger charge is 2.25. The van der Waals surface area contributed by atoms with Crippen LogP contribution in [0.15, 0.2) is 55.0 Å². The molecule has 0 saturated carbocycles. The number of hydrogen-bond donors (Lipinski definition) is 1. The highest BCUT2D eigenvalue weighted by molar-refractivity contribution is 5.37. The maximum Gasteiger partial charge on any atom is 0.168 e. The third kappa shape index (κ3) is 4.01. The minimum absolute atomic E-state index is 0.0228. The molecular formula is C21H21F2N3O. The van der Waals surface area contributed by atoms with Crippen molar-refractivity contribution in [3.8, 4) is 5.75 Å². The maximum atomic E-state index is 13.8. The van der Waals surface area contributed by atoms with Crippen LogP contribution in [0, 0.1) is 11.6 Å². The van der Waals surface area contributed by atoms with Crippen LogP contribution in [0.5, 0.6) is 5.75 Å². The first-order valence-electron chi connectivity index (χ1n) is 9.07. The van der Waals surface area contributed by atoms with E-state index in [1.165, 1.54) is 11.6 Å². The van der Waals surface area contributed by atoms with Crippen molar-refractivity contribution in [3.63, 3.8) is 0 Å². The Balaban J connectivity index is 1.39. The predicted molar refractivity (Wildman–Crippen MR) is 98.7 cm³/mol. The first kappa shape index (κ1) is 17.7. The van der Waals surface area contributed by atoms with Crippen LogP contribution in [0.1, 0.15) is 22.9 Å². The number of nitrogens with zero attached hydrogens (tertiary/aromatic N) is 2. The summed E-state index contributed by atoms with van der Waals surface area (Å²) in [6.07, 6.45) is 4.94. The highest BCUT2D eigenvalue weighted by Crippen LogP contribution is 2.33. The second kappa shape index (κ2) is 7.88. The number of aromatic nitrogens is 2. The van der Waals surface area contributed by atoms with Crippen LogP contribution in [-0.2, 0) is 19.4 Å². The van der Waals surface area contributed by atoms with Gasteiger partial charge in [0.05, 0.1) is 12.4 Å². The summed E-state index contributed by atoms with van der Waals surface area (Å²) in [5.41, 5.74) is 2.88. The molecule has 2 heterocycles. The van der Waals surface area contributed by atoms with Gasteiger partial charge in [-0.15, -0.1) is 0 Å². The van der Waals surface area contributed by atoms with Crippen LogP contribution in [-0.4, -0.2) is 22.7 Å². The van der Waals surface area contributed by atoms with E-state index in [0.29, 0.717) is 18.6 Å². The summed E-state index contributed by atoms with van der Waals surface area (Å²) in [5, 5.41) is 3.43. The molecule has 0 bridgehead atoms. The van der Waals surface area contributed by atoms with Gasteiger partial charge >= 0.3 is 0 Å². The van der Waals surface area contributed by atoms with Gasteiger partial charge in [0, 0.05) is 49.5 Å². The quantitative estimate of drug-likeness (QED) is 0.674. The van der Waals surface area contributed by atoms with Gasteiger partial charge < -0.3 is 14.6 Å². The average Bonchev–Trinajstić information content (AvgIpc) is 3.14. The molecule has 27 heavy (non-hydrogen) atoms. The van der Waals surface area contributed by atoms with Gasteiger partial charge in [0.25, 0.3) is 0 Å². The zero-order chi connectivity index (χ0) is 18.6. The molecule has 0 unspecified atom stereocenters. The number of ether oxygens (including phenoxy) is 1. The van der Waals surface area contributed by atoms with E-state index < -0.39 is 11.6 Å². The van der Waals surface area contributed by atoms with Gasteiger partial charge in [0.1, 0.15) is 12.4 Å². The van der Waals surface area contributed by atoms with Crippen LogP contribution in [0.25, 0.3) is 0 Å². The summed E-state index contributed by atoms with van der Waals surface area (Å²) in [4.78, 5) is 4.26. The van der Waals surface area contributed by atoms with Crippen LogP contribution < -0.4 is 10.1 Å². The Bertz CT molecular complexity index is 911. The monoisotopic (exact) mass is 369 g/mol. The van der Waals surface area contributed by atoms with Crippen LogP contribution in [0.3, 0.4) is 0 Å². The van der Waals surface area contributed by atoms with Crippen molar-refractivity contribution >= 4 is 0 Å². The smallest absolute Gasteiger partial charge is 0.168 e. The van der Waals surface area contributed by atoms with E-state index in [4.69, 9.17) is 4.74 Å². The molecule has 6 heteroatoms. The van der Waals surface area contributed by atoms with Crippen LogP contribution in [0.2, 0.25) is 0 Å². The lowest BCUT2D eigenvalue weighted by atomic mass is 10.0. The Morgan fingerprint density at radius 2 is 2.04 bits per heavy atom. The molecule has 0 saturated heterocycles. The Morgan fingerprint density at radius 3 is 2.89 bits per heavy atom. The molecule has 4 nitrogen and oxygen atoms in total. The lowest BCUT2D eigenvalue weighted by molar-refractivity contribution is 0.211. The van der Waals surface area contributed by atoms with Gasteiger partial charge in [-0.05, 0) is 11.6 Å². The van der Waals surface area contributed by atoms with E-state index in [1.807, 2.05) is 24.4 Å². The Labute approximate surface area is 156 Å². The lowest BCUT2D eigenvalue weighted by Crippen LogP contribution is -2.27. The molecule has 1 aliphatic heterocycles. The van der Waals surface area contributed by atoms with E-state index in [1.54, 1.807) is 6.33 Å². The van der Waals surface area contributed by atoms with Crippen molar-refractivity contribution in [1.29, 1.82) is 0 Å². The largest absolute Gasteiger partial charge is 0.488 e. The SMILES string of the molecule is Fc1cc(F)c2c(c1)C[C@@H](n1cncc1CCNCc1ccccc1)CO2. The zero-order valence-electron chi connectivity index (χ0n) is 14.9. The molecule has 1 atom stereocenters. The van der Waals surface area contributed by atoms with E-state index >= 15 is 0 Å². The Kier molecular flexibility index (Phi) is 5.16. The van der Waals surface area contributed by atoms with Gasteiger partial charge in [0.15, 0.2) is 11.6 Å². The number of imidazole rings is 1. The summed E-state index contributed by atoms with van der Waals surface area (Å²) in [5.74, 6) is -1.05. The second-order valence-corrected chi connectivity index (χ2v) is 6.75. The van der Waals surface area contributed by atoms with Crippen LogP contribution in [0.4, 0.5) is 8.78 Å². The third-order valence-corrected chi connectivity index (χ3v) is 4.83. The molecule has 2 aromatic carbocycles. The summed E-state index contributed by atoms with van der Waals surface area (Å²) in [6, 6.07) is 12.4. The fourth-order valence-corrected chi connectivity index (χ4v) is 3.50. The van der Waals surface area contributed by atoms with E-state index in [9.17, 15) is 8.78 Å². The van der Waals surface area contributed by atoms with Crippen molar-refractivity contribution in [1.82, 2.24) is 14.9 Å². The summed E-state index contributed by atoms with van der Waals surface area (Å²) in [6.45, 7) is 1.97. The molecule has 3 aromatic rings. The molecule has 1 N–H and O–H groups in total. The second-order valence-electron chi connectivity index (χ2n) is 6.75. The maximum absolute atomic E-state index is 13.8. The number of rotatable bonds is 6. The standard InChI is InChI=1S/C21H21F2N3O/c22-17-8-16-9-19(13-27-21(16)20(23)10-17)26-14-25-12-18(26)6-7-24-11-15-4-2-1-3-5-15/h1-5,8,10,12,14,19,24H,6-7,9,11,13H2/t19-/m1/s1. The van der Waals surface area contributed by atoms with Gasteiger partial charge in [-0.1, -0.05) is 30.3 Å².